The Kier molecular flexibility index (Phi) is 3.61. The predicted molar refractivity (Wildman–Crippen MR) is 50.0 cm³/mol. The van der Waals surface area contributed by atoms with E-state index < -0.39 is 11.2 Å². The molecule has 1 rings (SSSR count). The van der Waals surface area contributed by atoms with Gasteiger partial charge in [0.1, 0.15) is 0 Å². The summed E-state index contributed by atoms with van der Waals surface area (Å²) in [5.74, 6) is 0.184. The highest BCUT2D eigenvalue weighted by Crippen LogP contribution is 2.26. The van der Waals surface area contributed by atoms with Gasteiger partial charge in [0.05, 0.1) is 4.92 Å². The summed E-state index contributed by atoms with van der Waals surface area (Å²) in [5, 5.41) is 10.6. The highest BCUT2D eigenvalue weighted by atomic mass is 28.2. The molecule has 0 N–H and O–H groups in total. The van der Waals surface area contributed by atoms with Crippen LogP contribution in [0.1, 0.15) is 6.92 Å². The maximum Gasteiger partial charge on any atom is 0.311 e. The summed E-state index contributed by atoms with van der Waals surface area (Å²) in [6, 6.07) is 6.11. The highest BCUT2D eigenvalue weighted by molar-refractivity contribution is 5.98. The van der Waals surface area contributed by atoms with Crippen molar-refractivity contribution in [1.29, 1.82) is 0 Å². The number of hydrogen-bond acceptors (Lipinski definition) is 4. The molecular weight excluding hydrogens is 202 g/mol. The molecular formula is C8H8NO4Si. The second-order valence-electron chi connectivity index (χ2n) is 2.53. The molecule has 0 bridgehead atoms. The molecule has 0 heterocycles. The van der Waals surface area contributed by atoms with Gasteiger partial charge in [-0.1, -0.05) is 12.1 Å². The number of nitro groups is 1. The number of rotatable bonds is 4. The normalized spacial score (nSPS) is 12.1. The molecule has 14 heavy (non-hydrogen) atoms. The van der Waals surface area contributed by atoms with Crippen LogP contribution in [0.25, 0.3) is 0 Å². The van der Waals surface area contributed by atoms with Crippen molar-refractivity contribution < 1.29 is 14.1 Å². The number of benzene rings is 1. The third-order valence-corrected chi connectivity index (χ3v) is 1.85. The molecule has 3 radical (unpaired) electrons. The molecule has 0 aliphatic heterocycles. The first-order valence-electron chi connectivity index (χ1n) is 3.87. The summed E-state index contributed by atoms with van der Waals surface area (Å²) in [7, 11) is 2.79. The van der Waals surface area contributed by atoms with Crippen molar-refractivity contribution in [2.24, 2.45) is 0 Å². The molecule has 0 saturated heterocycles. The fourth-order valence-electron chi connectivity index (χ4n) is 0.911. The maximum absolute atomic E-state index is 10.6. The minimum absolute atomic E-state index is 0.0805. The number of ether oxygens (including phenoxy) is 1. The van der Waals surface area contributed by atoms with E-state index in [-0.39, 0.29) is 11.4 Å². The lowest BCUT2D eigenvalue weighted by Gasteiger charge is -2.12. The van der Waals surface area contributed by atoms with E-state index >= 15 is 0 Å². The van der Waals surface area contributed by atoms with E-state index in [9.17, 15) is 10.1 Å². The molecule has 0 aliphatic carbocycles. The largest absolute Gasteiger partial charge is 0.459 e. The molecule has 1 aromatic carbocycles. The van der Waals surface area contributed by atoms with E-state index in [1.165, 1.54) is 12.1 Å². The van der Waals surface area contributed by atoms with Crippen LogP contribution in [0.3, 0.4) is 0 Å². The van der Waals surface area contributed by atoms with Gasteiger partial charge in [-0.2, -0.15) is 0 Å². The van der Waals surface area contributed by atoms with E-state index in [0.29, 0.717) is 0 Å². The quantitative estimate of drug-likeness (QED) is 0.326. The Bertz CT molecular complexity index is 331. The van der Waals surface area contributed by atoms with Crippen molar-refractivity contribution in [1.82, 2.24) is 0 Å². The number of nitrogens with zero attached hydrogens (tertiary/aromatic N) is 1. The van der Waals surface area contributed by atoms with E-state index in [4.69, 9.17) is 4.74 Å². The fourth-order valence-corrected chi connectivity index (χ4v) is 0.959. The van der Waals surface area contributed by atoms with Crippen LogP contribution in [0.15, 0.2) is 24.3 Å². The van der Waals surface area contributed by atoms with Gasteiger partial charge >= 0.3 is 5.69 Å². The third kappa shape index (κ3) is 2.54. The van der Waals surface area contributed by atoms with Gasteiger partial charge < -0.3 is 9.16 Å². The van der Waals surface area contributed by atoms with Crippen LogP contribution < -0.4 is 4.74 Å². The van der Waals surface area contributed by atoms with Gasteiger partial charge in [-0.05, 0) is 13.0 Å². The molecule has 0 amide bonds. The monoisotopic (exact) mass is 210 g/mol. The van der Waals surface area contributed by atoms with Gasteiger partial charge in [0.25, 0.3) is 10.5 Å². The first kappa shape index (κ1) is 10.7. The van der Waals surface area contributed by atoms with Crippen molar-refractivity contribution in [3.05, 3.63) is 34.4 Å². The first-order valence-corrected chi connectivity index (χ1v) is 4.28. The lowest BCUT2D eigenvalue weighted by molar-refractivity contribution is -0.386. The van der Waals surface area contributed by atoms with Crippen LogP contribution in [0.4, 0.5) is 5.69 Å². The lowest BCUT2D eigenvalue weighted by Crippen LogP contribution is -2.15. The molecule has 5 nitrogen and oxygen atoms in total. The van der Waals surface area contributed by atoms with Gasteiger partial charge in [-0.3, -0.25) is 10.1 Å². The van der Waals surface area contributed by atoms with Crippen LogP contribution in [-0.4, -0.2) is 21.7 Å². The van der Waals surface area contributed by atoms with Gasteiger partial charge in [0.15, 0.2) is 12.0 Å². The van der Waals surface area contributed by atoms with Crippen molar-refractivity contribution in [2.45, 2.75) is 13.2 Å². The third-order valence-electron chi connectivity index (χ3n) is 1.52. The van der Waals surface area contributed by atoms with Crippen LogP contribution in [0.5, 0.6) is 5.75 Å². The molecule has 1 unspecified atom stereocenters. The van der Waals surface area contributed by atoms with Crippen molar-refractivity contribution in [2.75, 3.05) is 0 Å². The van der Waals surface area contributed by atoms with Crippen molar-refractivity contribution in [3.8, 4) is 5.75 Å². The zero-order chi connectivity index (χ0) is 10.6. The van der Waals surface area contributed by atoms with Gasteiger partial charge in [-0.15, -0.1) is 0 Å². The molecule has 0 spiro atoms. The zero-order valence-electron chi connectivity index (χ0n) is 7.47. The fraction of sp³-hybridized carbons (Fsp3) is 0.250. The molecule has 0 saturated carbocycles. The lowest BCUT2D eigenvalue weighted by atomic mass is 10.3. The molecule has 1 atom stereocenters. The Morgan fingerprint density at radius 3 is 2.71 bits per heavy atom. The van der Waals surface area contributed by atoms with Gasteiger partial charge in [0.2, 0.25) is 0 Å². The second kappa shape index (κ2) is 4.73. The van der Waals surface area contributed by atoms with Crippen LogP contribution in [-0.2, 0) is 4.43 Å². The summed E-state index contributed by atoms with van der Waals surface area (Å²) in [4.78, 5) is 10.1. The first-order chi connectivity index (χ1) is 6.65. The van der Waals surface area contributed by atoms with E-state index in [1.807, 2.05) is 0 Å². The highest BCUT2D eigenvalue weighted by Gasteiger charge is 2.15. The topological polar surface area (TPSA) is 61.6 Å². The summed E-state index contributed by atoms with van der Waals surface area (Å²) in [5.41, 5.74) is -0.0805. The van der Waals surface area contributed by atoms with Crippen LogP contribution in [0.2, 0.25) is 0 Å². The molecule has 6 heteroatoms. The van der Waals surface area contributed by atoms with E-state index in [0.717, 1.165) is 0 Å². The maximum atomic E-state index is 10.6. The van der Waals surface area contributed by atoms with E-state index in [1.54, 1.807) is 19.1 Å². The number of para-hydroxylation sites is 2. The van der Waals surface area contributed by atoms with Gasteiger partial charge in [0, 0.05) is 6.07 Å². The van der Waals surface area contributed by atoms with Gasteiger partial charge in [-0.25, -0.2) is 0 Å². The molecule has 1 aromatic rings. The Labute approximate surface area is 84.3 Å². The standard InChI is InChI=1S/C8H8NO4Si/c1-6(13-14)12-8-5-3-2-4-7(8)9(10)11/h2-6H,1H3. The summed E-state index contributed by atoms with van der Waals surface area (Å²) < 4.78 is 9.79. The second-order valence-corrected chi connectivity index (χ2v) is 2.76. The molecule has 0 fully saturated rings. The van der Waals surface area contributed by atoms with E-state index in [2.05, 4.69) is 14.9 Å². The Morgan fingerprint density at radius 2 is 2.14 bits per heavy atom. The Balaban J connectivity index is 2.90. The minimum atomic E-state index is -0.590. The Hall–Kier alpha value is -1.40. The summed E-state index contributed by atoms with van der Waals surface area (Å²) >= 11 is 0. The van der Waals surface area contributed by atoms with Crippen LogP contribution in [0, 0.1) is 10.1 Å². The van der Waals surface area contributed by atoms with Crippen molar-refractivity contribution in [3.63, 3.8) is 0 Å². The van der Waals surface area contributed by atoms with Crippen molar-refractivity contribution >= 4 is 16.2 Å². The van der Waals surface area contributed by atoms with Crippen LogP contribution >= 0.6 is 0 Å². The zero-order valence-corrected chi connectivity index (χ0v) is 8.47. The minimum Gasteiger partial charge on any atom is -0.459 e. The molecule has 0 aliphatic rings. The Morgan fingerprint density at radius 1 is 1.50 bits per heavy atom. The summed E-state index contributed by atoms with van der Waals surface area (Å²) in [6.07, 6.45) is -0.590. The SMILES string of the molecule is CC(O[Si])Oc1ccccc1[N+](=O)[O-]. The smallest absolute Gasteiger partial charge is 0.311 e. The average molecular weight is 210 g/mol. The number of nitro benzene ring substituents is 1. The average Bonchev–Trinajstić information content (AvgIpc) is 2.18. The summed E-state index contributed by atoms with van der Waals surface area (Å²) in [6.45, 7) is 1.61. The number of hydrogen-bond donors (Lipinski definition) is 0. The molecule has 0 aromatic heterocycles. The predicted octanol–water partition coefficient (Wildman–Crippen LogP) is 1.42. The molecule has 73 valence electrons.